The van der Waals surface area contributed by atoms with E-state index in [1.807, 2.05) is 19.1 Å². The Morgan fingerprint density at radius 1 is 1.00 bits per heavy atom. The van der Waals surface area contributed by atoms with Gasteiger partial charge in [-0.05, 0) is 41.7 Å². The molecule has 144 valence electrons. The van der Waals surface area contributed by atoms with Gasteiger partial charge in [-0.3, -0.25) is 4.79 Å². The van der Waals surface area contributed by atoms with E-state index in [1.165, 1.54) is 21.3 Å². The average Bonchev–Trinajstić information content (AvgIpc) is 3.23. The van der Waals surface area contributed by atoms with Crippen LogP contribution in [0, 0.1) is 18.3 Å². The molecule has 2 aromatic carbocycles. The van der Waals surface area contributed by atoms with Crippen LogP contribution in [0.15, 0.2) is 30.3 Å². The van der Waals surface area contributed by atoms with Gasteiger partial charge < -0.3 is 19.3 Å². The SMILES string of the molecule is COc1cc(C(=O)C2C(c3ccc(C)c(O)c3)C2(C)C)cc(OC)c1OC. The number of aryl methyl sites for hydroxylation is 1. The van der Waals surface area contributed by atoms with Gasteiger partial charge in [0.2, 0.25) is 5.75 Å². The largest absolute Gasteiger partial charge is 0.508 e. The van der Waals surface area contributed by atoms with Crippen molar-refractivity contribution in [3.05, 3.63) is 47.0 Å². The summed E-state index contributed by atoms with van der Waals surface area (Å²) < 4.78 is 16.1. The molecule has 0 radical (unpaired) electrons. The molecular formula is C22H26O5. The zero-order valence-electron chi connectivity index (χ0n) is 16.6. The number of methoxy groups -OCH3 is 3. The van der Waals surface area contributed by atoms with Crippen molar-refractivity contribution in [1.82, 2.24) is 0 Å². The molecule has 1 N–H and O–H groups in total. The Balaban J connectivity index is 1.97. The van der Waals surface area contributed by atoms with Crippen molar-refractivity contribution in [3.8, 4) is 23.0 Å². The first-order valence-corrected chi connectivity index (χ1v) is 8.90. The summed E-state index contributed by atoms with van der Waals surface area (Å²) in [5, 5.41) is 10.1. The third-order valence-electron chi connectivity index (χ3n) is 5.65. The van der Waals surface area contributed by atoms with Gasteiger partial charge in [0.15, 0.2) is 17.3 Å². The molecule has 0 saturated heterocycles. The molecule has 2 unspecified atom stereocenters. The van der Waals surface area contributed by atoms with E-state index in [0.29, 0.717) is 22.8 Å². The van der Waals surface area contributed by atoms with E-state index in [4.69, 9.17) is 14.2 Å². The minimum Gasteiger partial charge on any atom is -0.508 e. The standard InChI is InChI=1S/C22H26O5/c1-12-7-8-13(9-15(12)23)18-19(22(18,2)3)20(24)14-10-16(25-4)21(27-6)17(11-14)26-5/h7-11,18-19,23H,1-6H3. The van der Waals surface area contributed by atoms with Crippen LogP contribution in [0.1, 0.15) is 41.3 Å². The molecule has 1 aliphatic carbocycles. The molecule has 0 spiro atoms. The summed E-state index contributed by atoms with van der Waals surface area (Å²) in [7, 11) is 4.60. The van der Waals surface area contributed by atoms with Gasteiger partial charge in [-0.1, -0.05) is 26.0 Å². The number of rotatable bonds is 6. The van der Waals surface area contributed by atoms with Crippen molar-refractivity contribution >= 4 is 5.78 Å². The highest BCUT2D eigenvalue weighted by molar-refractivity contribution is 6.02. The second-order valence-electron chi connectivity index (χ2n) is 7.60. The maximum Gasteiger partial charge on any atom is 0.203 e. The van der Waals surface area contributed by atoms with Gasteiger partial charge in [-0.2, -0.15) is 0 Å². The first-order valence-electron chi connectivity index (χ1n) is 8.90. The minimum absolute atomic E-state index is 0.0318. The number of aromatic hydroxyl groups is 1. The Kier molecular flexibility index (Phi) is 4.81. The number of carbonyl (C=O) groups excluding carboxylic acids is 1. The Hall–Kier alpha value is -2.69. The number of ether oxygens (including phenoxy) is 3. The number of benzene rings is 2. The third kappa shape index (κ3) is 3.11. The number of ketones is 1. The van der Waals surface area contributed by atoms with Crippen LogP contribution in [-0.4, -0.2) is 32.2 Å². The van der Waals surface area contributed by atoms with E-state index >= 15 is 0 Å². The van der Waals surface area contributed by atoms with Crippen molar-refractivity contribution < 1.29 is 24.1 Å². The van der Waals surface area contributed by atoms with Crippen LogP contribution in [0.25, 0.3) is 0 Å². The smallest absolute Gasteiger partial charge is 0.203 e. The summed E-state index contributed by atoms with van der Waals surface area (Å²) in [6.07, 6.45) is 0. The third-order valence-corrected chi connectivity index (χ3v) is 5.65. The van der Waals surface area contributed by atoms with E-state index in [0.717, 1.165) is 11.1 Å². The van der Waals surface area contributed by atoms with E-state index in [-0.39, 0.29) is 28.8 Å². The number of carbonyl (C=O) groups is 1. The number of phenolic OH excluding ortho intramolecular Hbond substituents is 1. The second-order valence-corrected chi connectivity index (χ2v) is 7.60. The number of hydrogen-bond acceptors (Lipinski definition) is 5. The molecule has 2 aromatic rings. The van der Waals surface area contributed by atoms with Crippen LogP contribution in [0.5, 0.6) is 23.0 Å². The maximum atomic E-state index is 13.3. The fourth-order valence-electron chi connectivity index (χ4n) is 3.97. The predicted molar refractivity (Wildman–Crippen MR) is 103 cm³/mol. The zero-order chi connectivity index (χ0) is 19.9. The lowest BCUT2D eigenvalue weighted by atomic mass is 10.0. The Morgan fingerprint density at radius 3 is 2.07 bits per heavy atom. The first-order chi connectivity index (χ1) is 12.8. The predicted octanol–water partition coefficient (Wildman–Crippen LogP) is 4.35. The minimum atomic E-state index is -0.195. The topological polar surface area (TPSA) is 65.0 Å². The van der Waals surface area contributed by atoms with Crippen LogP contribution >= 0.6 is 0 Å². The molecule has 1 aliphatic rings. The number of phenols is 1. The van der Waals surface area contributed by atoms with Gasteiger partial charge in [0, 0.05) is 17.4 Å². The lowest BCUT2D eigenvalue weighted by Crippen LogP contribution is -2.08. The highest BCUT2D eigenvalue weighted by Gasteiger charge is 2.62. The van der Waals surface area contributed by atoms with Gasteiger partial charge in [0.25, 0.3) is 0 Å². The van der Waals surface area contributed by atoms with Gasteiger partial charge in [0.05, 0.1) is 21.3 Å². The van der Waals surface area contributed by atoms with E-state index < -0.39 is 0 Å². The molecule has 0 aliphatic heterocycles. The van der Waals surface area contributed by atoms with Crippen molar-refractivity contribution in [1.29, 1.82) is 0 Å². The molecule has 0 aromatic heterocycles. The lowest BCUT2D eigenvalue weighted by Gasteiger charge is -2.14. The Labute approximate surface area is 159 Å². The summed E-state index contributed by atoms with van der Waals surface area (Å²) >= 11 is 0. The highest BCUT2D eigenvalue weighted by Crippen LogP contribution is 2.65. The van der Waals surface area contributed by atoms with E-state index in [1.54, 1.807) is 18.2 Å². The van der Waals surface area contributed by atoms with Gasteiger partial charge in [-0.15, -0.1) is 0 Å². The first kappa shape index (κ1) is 19.1. The summed E-state index contributed by atoms with van der Waals surface area (Å²) in [6.45, 7) is 6.01. The molecule has 0 amide bonds. The molecule has 27 heavy (non-hydrogen) atoms. The van der Waals surface area contributed by atoms with Crippen LogP contribution in [-0.2, 0) is 0 Å². The summed E-state index contributed by atoms with van der Waals surface area (Å²) in [5.41, 5.74) is 2.14. The van der Waals surface area contributed by atoms with Crippen LogP contribution in [0.2, 0.25) is 0 Å². The monoisotopic (exact) mass is 370 g/mol. The van der Waals surface area contributed by atoms with Crippen LogP contribution in [0.4, 0.5) is 0 Å². The second kappa shape index (κ2) is 6.80. The van der Waals surface area contributed by atoms with Crippen molar-refractivity contribution in [2.45, 2.75) is 26.7 Å². The fraction of sp³-hybridized carbons (Fsp3) is 0.409. The molecule has 1 saturated carbocycles. The van der Waals surface area contributed by atoms with Gasteiger partial charge in [0.1, 0.15) is 5.75 Å². The lowest BCUT2D eigenvalue weighted by molar-refractivity contribution is 0.0951. The van der Waals surface area contributed by atoms with Crippen molar-refractivity contribution in [3.63, 3.8) is 0 Å². The number of hydrogen-bond donors (Lipinski definition) is 1. The molecule has 1 fully saturated rings. The Morgan fingerprint density at radius 2 is 1.59 bits per heavy atom. The van der Waals surface area contributed by atoms with Crippen molar-refractivity contribution in [2.24, 2.45) is 11.3 Å². The Bertz CT molecular complexity index is 859. The maximum absolute atomic E-state index is 13.3. The highest BCUT2D eigenvalue weighted by atomic mass is 16.5. The van der Waals surface area contributed by atoms with Crippen LogP contribution in [0.3, 0.4) is 0 Å². The van der Waals surface area contributed by atoms with E-state index in [9.17, 15) is 9.90 Å². The van der Waals surface area contributed by atoms with Crippen LogP contribution < -0.4 is 14.2 Å². The summed E-state index contributed by atoms with van der Waals surface area (Å²) in [6, 6.07) is 9.04. The average molecular weight is 370 g/mol. The normalized spacial score (nSPS) is 20.1. The quantitative estimate of drug-likeness (QED) is 0.766. The molecule has 2 atom stereocenters. The van der Waals surface area contributed by atoms with Crippen molar-refractivity contribution in [2.75, 3.05) is 21.3 Å². The zero-order valence-corrected chi connectivity index (χ0v) is 16.6. The molecular weight excluding hydrogens is 344 g/mol. The van der Waals surface area contributed by atoms with Gasteiger partial charge >= 0.3 is 0 Å². The molecule has 5 nitrogen and oxygen atoms in total. The summed E-state index contributed by atoms with van der Waals surface area (Å²) in [4.78, 5) is 13.3. The molecule has 0 bridgehead atoms. The van der Waals surface area contributed by atoms with E-state index in [2.05, 4.69) is 13.8 Å². The molecule has 0 heterocycles. The molecule has 3 rings (SSSR count). The number of Topliss-reactive ketones (excluding diaryl/α,β-unsaturated/α-hetero) is 1. The van der Waals surface area contributed by atoms with Gasteiger partial charge in [-0.25, -0.2) is 0 Å². The fourth-order valence-corrected chi connectivity index (χ4v) is 3.97. The summed E-state index contributed by atoms with van der Waals surface area (Å²) in [5.74, 6) is 1.55. The molecule has 5 heteroatoms.